The van der Waals surface area contributed by atoms with E-state index in [4.69, 9.17) is 0 Å². The second kappa shape index (κ2) is 8.47. The normalized spacial score (nSPS) is 14.4. The number of benzene rings is 1. The van der Waals surface area contributed by atoms with Gasteiger partial charge in [0.05, 0.1) is 16.8 Å². The number of aromatic nitrogens is 1. The van der Waals surface area contributed by atoms with Gasteiger partial charge in [-0.1, -0.05) is 6.07 Å². The highest BCUT2D eigenvalue weighted by Crippen LogP contribution is 2.19. The van der Waals surface area contributed by atoms with Crippen molar-refractivity contribution in [3.63, 3.8) is 0 Å². The lowest BCUT2D eigenvalue weighted by Gasteiger charge is -2.17. The molecule has 9 heteroatoms. The van der Waals surface area contributed by atoms with Crippen molar-refractivity contribution in [2.75, 3.05) is 23.3 Å². The van der Waals surface area contributed by atoms with Gasteiger partial charge in [-0.05, 0) is 38.0 Å². The van der Waals surface area contributed by atoms with Crippen LogP contribution in [0, 0.1) is 10.1 Å². The van der Waals surface area contributed by atoms with Crippen molar-refractivity contribution in [3.8, 4) is 0 Å². The lowest BCUT2D eigenvalue weighted by molar-refractivity contribution is -0.384. The van der Waals surface area contributed by atoms with Crippen LogP contribution in [0.2, 0.25) is 0 Å². The van der Waals surface area contributed by atoms with Crippen LogP contribution in [-0.4, -0.2) is 40.9 Å². The van der Waals surface area contributed by atoms with Crippen LogP contribution < -0.4 is 15.5 Å². The zero-order chi connectivity index (χ0) is 20.1. The highest BCUT2D eigenvalue weighted by molar-refractivity contribution is 6.01. The summed E-state index contributed by atoms with van der Waals surface area (Å²) in [4.78, 5) is 41.4. The second-order valence-corrected chi connectivity index (χ2v) is 6.59. The zero-order valence-electron chi connectivity index (χ0n) is 15.4. The minimum atomic E-state index is -0.829. The SMILES string of the molecule is CC(NC(=O)c1cccc([N+](=O)[O-])c1)C(=O)Nc1ccc(N2CCCC2)nc1. The summed E-state index contributed by atoms with van der Waals surface area (Å²) in [6.07, 6.45) is 3.89. The van der Waals surface area contributed by atoms with Crippen LogP contribution in [0.25, 0.3) is 0 Å². The van der Waals surface area contributed by atoms with Crippen LogP contribution in [0.15, 0.2) is 42.6 Å². The molecule has 9 nitrogen and oxygen atoms in total. The number of pyridine rings is 1. The van der Waals surface area contributed by atoms with E-state index in [1.807, 2.05) is 6.07 Å². The van der Waals surface area contributed by atoms with Crippen molar-refractivity contribution < 1.29 is 14.5 Å². The number of nitro groups is 1. The Kier molecular flexibility index (Phi) is 5.83. The van der Waals surface area contributed by atoms with E-state index < -0.39 is 22.8 Å². The van der Waals surface area contributed by atoms with Crippen LogP contribution in [0.4, 0.5) is 17.2 Å². The molecule has 0 saturated carbocycles. The molecule has 1 unspecified atom stereocenters. The molecule has 1 aromatic heterocycles. The molecule has 146 valence electrons. The number of amides is 2. The zero-order valence-corrected chi connectivity index (χ0v) is 15.4. The Hall–Kier alpha value is -3.49. The summed E-state index contributed by atoms with van der Waals surface area (Å²) in [7, 11) is 0. The average molecular weight is 383 g/mol. The van der Waals surface area contributed by atoms with Crippen LogP contribution in [0.5, 0.6) is 0 Å². The first-order valence-electron chi connectivity index (χ1n) is 9.01. The molecule has 0 radical (unpaired) electrons. The van der Waals surface area contributed by atoms with E-state index in [-0.39, 0.29) is 11.3 Å². The first-order valence-corrected chi connectivity index (χ1v) is 9.01. The second-order valence-electron chi connectivity index (χ2n) is 6.59. The average Bonchev–Trinajstić information content (AvgIpc) is 3.23. The number of nitro benzene ring substituents is 1. The highest BCUT2D eigenvalue weighted by atomic mass is 16.6. The fourth-order valence-corrected chi connectivity index (χ4v) is 2.95. The first kappa shape index (κ1) is 19.3. The Morgan fingerprint density at radius 2 is 1.96 bits per heavy atom. The molecule has 1 aliphatic rings. The van der Waals surface area contributed by atoms with Gasteiger partial charge in [0.25, 0.3) is 11.6 Å². The van der Waals surface area contributed by atoms with Gasteiger partial charge < -0.3 is 15.5 Å². The van der Waals surface area contributed by atoms with E-state index in [1.54, 1.807) is 12.3 Å². The minimum absolute atomic E-state index is 0.116. The predicted octanol–water partition coefficient (Wildman–Crippen LogP) is 2.35. The van der Waals surface area contributed by atoms with Gasteiger partial charge in [-0.3, -0.25) is 19.7 Å². The maximum absolute atomic E-state index is 12.3. The van der Waals surface area contributed by atoms with E-state index in [2.05, 4.69) is 20.5 Å². The molecule has 2 N–H and O–H groups in total. The summed E-state index contributed by atoms with van der Waals surface area (Å²) in [5.41, 5.74) is 0.462. The van der Waals surface area contributed by atoms with Gasteiger partial charge in [-0.2, -0.15) is 0 Å². The molecule has 0 spiro atoms. The molecule has 1 saturated heterocycles. The molecule has 1 fully saturated rings. The fraction of sp³-hybridized carbons (Fsp3) is 0.316. The standard InChI is InChI=1S/C19H21N5O4/c1-13(21-19(26)14-5-4-6-16(11-14)24(27)28)18(25)22-15-7-8-17(20-12-15)23-9-2-3-10-23/h4-8,11-13H,2-3,9-10H2,1H3,(H,21,26)(H,22,25). The Bertz CT molecular complexity index is 878. The molecular formula is C19H21N5O4. The summed E-state index contributed by atoms with van der Waals surface area (Å²) >= 11 is 0. The van der Waals surface area contributed by atoms with Crippen LogP contribution in [-0.2, 0) is 4.79 Å². The van der Waals surface area contributed by atoms with Gasteiger partial charge in [-0.25, -0.2) is 4.98 Å². The van der Waals surface area contributed by atoms with Crippen molar-refractivity contribution in [3.05, 3.63) is 58.3 Å². The smallest absolute Gasteiger partial charge is 0.270 e. The summed E-state index contributed by atoms with van der Waals surface area (Å²) in [5.74, 6) is -0.0918. The van der Waals surface area contributed by atoms with Gasteiger partial charge in [-0.15, -0.1) is 0 Å². The van der Waals surface area contributed by atoms with Crippen molar-refractivity contribution in [1.29, 1.82) is 0 Å². The van der Waals surface area contributed by atoms with E-state index in [1.165, 1.54) is 31.2 Å². The summed E-state index contributed by atoms with van der Waals surface area (Å²) in [6.45, 7) is 3.51. The Morgan fingerprint density at radius 3 is 2.61 bits per heavy atom. The molecular weight excluding hydrogens is 362 g/mol. The van der Waals surface area contributed by atoms with E-state index >= 15 is 0 Å². The number of nitrogens with zero attached hydrogens (tertiary/aromatic N) is 3. The molecule has 0 aliphatic carbocycles. The van der Waals surface area contributed by atoms with Crippen molar-refractivity contribution in [2.24, 2.45) is 0 Å². The monoisotopic (exact) mass is 383 g/mol. The molecule has 2 heterocycles. The van der Waals surface area contributed by atoms with Gasteiger partial charge >= 0.3 is 0 Å². The lowest BCUT2D eigenvalue weighted by atomic mass is 10.1. The highest BCUT2D eigenvalue weighted by Gasteiger charge is 2.19. The summed E-state index contributed by atoms with van der Waals surface area (Å²) < 4.78 is 0. The lowest BCUT2D eigenvalue weighted by Crippen LogP contribution is -2.41. The Labute approximate surface area is 161 Å². The van der Waals surface area contributed by atoms with Crippen LogP contribution >= 0.6 is 0 Å². The molecule has 2 aromatic rings. The first-order chi connectivity index (χ1) is 13.4. The minimum Gasteiger partial charge on any atom is -0.357 e. The number of carbonyl (C=O) groups is 2. The number of rotatable bonds is 6. The molecule has 1 atom stereocenters. The predicted molar refractivity (Wildman–Crippen MR) is 104 cm³/mol. The van der Waals surface area contributed by atoms with Crippen LogP contribution in [0.3, 0.4) is 0 Å². The number of hydrogen-bond donors (Lipinski definition) is 2. The fourth-order valence-electron chi connectivity index (χ4n) is 2.95. The summed E-state index contributed by atoms with van der Waals surface area (Å²) in [6, 6.07) is 8.14. The Balaban J connectivity index is 1.57. The molecule has 1 aromatic carbocycles. The van der Waals surface area contributed by atoms with Gasteiger partial charge in [0.2, 0.25) is 5.91 Å². The third kappa shape index (κ3) is 4.61. The maximum atomic E-state index is 12.3. The van der Waals surface area contributed by atoms with Gasteiger partial charge in [0.15, 0.2) is 0 Å². The van der Waals surface area contributed by atoms with Gasteiger partial charge in [0.1, 0.15) is 11.9 Å². The van der Waals surface area contributed by atoms with Crippen molar-refractivity contribution in [2.45, 2.75) is 25.8 Å². The summed E-state index contributed by atoms with van der Waals surface area (Å²) in [5, 5.41) is 16.1. The number of carbonyl (C=O) groups excluding carboxylic acids is 2. The van der Waals surface area contributed by atoms with E-state index in [9.17, 15) is 19.7 Å². The van der Waals surface area contributed by atoms with Crippen LogP contribution in [0.1, 0.15) is 30.1 Å². The largest absolute Gasteiger partial charge is 0.357 e. The van der Waals surface area contributed by atoms with Gasteiger partial charge in [0, 0.05) is 30.8 Å². The topological polar surface area (TPSA) is 117 Å². The third-order valence-electron chi connectivity index (χ3n) is 4.51. The van der Waals surface area contributed by atoms with Crippen molar-refractivity contribution in [1.82, 2.24) is 10.3 Å². The quantitative estimate of drug-likeness (QED) is 0.584. The number of anilines is 2. The molecule has 0 bridgehead atoms. The molecule has 1 aliphatic heterocycles. The Morgan fingerprint density at radius 1 is 1.21 bits per heavy atom. The number of nitrogens with one attached hydrogen (secondary N) is 2. The molecule has 3 rings (SSSR count). The van der Waals surface area contributed by atoms with Crippen molar-refractivity contribution >= 4 is 29.0 Å². The van der Waals surface area contributed by atoms with E-state index in [0.717, 1.165) is 31.7 Å². The number of non-ortho nitro benzene ring substituents is 1. The number of hydrogen-bond acceptors (Lipinski definition) is 6. The maximum Gasteiger partial charge on any atom is 0.270 e. The molecule has 28 heavy (non-hydrogen) atoms. The molecule has 2 amide bonds. The third-order valence-corrected chi connectivity index (χ3v) is 4.51. The van der Waals surface area contributed by atoms with E-state index in [0.29, 0.717) is 5.69 Å².